The molecule has 1 spiro atoms. The Morgan fingerprint density at radius 1 is 1.33 bits per heavy atom. The lowest BCUT2D eigenvalue weighted by Gasteiger charge is -2.44. The van der Waals surface area contributed by atoms with Gasteiger partial charge in [0.05, 0.1) is 5.60 Å². The minimum Gasteiger partial charge on any atom is -0.459 e. The summed E-state index contributed by atoms with van der Waals surface area (Å²) >= 11 is 0. The molecule has 118 valence electrons. The molecule has 1 unspecified atom stereocenters. The van der Waals surface area contributed by atoms with Gasteiger partial charge in [0.2, 0.25) is 0 Å². The molecular formula is C18H28O3. The van der Waals surface area contributed by atoms with E-state index in [1.807, 2.05) is 6.92 Å². The van der Waals surface area contributed by atoms with Crippen LogP contribution in [0.4, 0.5) is 0 Å². The Bertz CT molecular complexity index is 479. The molecule has 3 saturated carbocycles. The van der Waals surface area contributed by atoms with Gasteiger partial charge in [0.25, 0.3) is 0 Å². The maximum atomic E-state index is 11.7. The summed E-state index contributed by atoms with van der Waals surface area (Å²) in [5.74, 6) is 0.873. The van der Waals surface area contributed by atoms with Crippen molar-refractivity contribution in [3.63, 3.8) is 0 Å². The van der Waals surface area contributed by atoms with Crippen molar-refractivity contribution < 1.29 is 14.6 Å². The van der Waals surface area contributed by atoms with E-state index < -0.39 is 5.60 Å². The molecule has 2 bridgehead atoms. The van der Waals surface area contributed by atoms with E-state index in [1.54, 1.807) is 0 Å². The summed E-state index contributed by atoms with van der Waals surface area (Å²) in [7, 11) is 0. The Morgan fingerprint density at radius 2 is 2.00 bits per heavy atom. The summed E-state index contributed by atoms with van der Waals surface area (Å²) in [5.41, 5.74) is -0.356. The molecule has 6 atom stereocenters. The highest BCUT2D eigenvalue weighted by molar-refractivity contribution is 5.81. The fourth-order valence-electron chi connectivity index (χ4n) is 6.30. The van der Waals surface area contributed by atoms with Crippen LogP contribution < -0.4 is 0 Å². The van der Waals surface area contributed by atoms with E-state index in [0.717, 1.165) is 25.7 Å². The van der Waals surface area contributed by atoms with Gasteiger partial charge in [0.1, 0.15) is 6.10 Å². The highest BCUT2D eigenvalue weighted by Crippen LogP contribution is 2.73. The van der Waals surface area contributed by atoms with E-state index in [2.05, 4.69) is 27.4 Å². The van der Waals surface area contributed by atoms with Gasteiger partial charge in [0, 0.05) is 12.0 Å². The topological polar surface area (TPSA) is 46.5 Å². The maximum absolute atomic E-state index is 11.7. The lowest BCUT2D eigenvalue weighted by atomic mass is 9.64. The van der Waals surface area contributed by atoms with E-state index >= 15 is 0 Å². The van der Waals surface area contributed by atoms with Crippen LogP contribution in [0, 0.1) is 28.6 Å². The third-order valence-electron chi connectivity index (χ3n) is 7.12. The van der Waals surface area contributed by atoms with Crippen LogP contribution in [-0.4, -0.2) is 22.8 Å². The Balaban J connectivity index is 2.00. The van der Waals surface area contributed by atoms with Gasteiger partial charge in [-0.05, 0) is 55.3 Å². The lowest BCUT2D eigenvalue weighted by molar-refractivity contribution is -0.148. The van der Waals surface area contributed by atoms with Crippen molar-refractivity contribution in [1.82, 2.24) is 0 Å². The summed E-state index contributed by atoms with van der Waals surface area (Å²) in [6.07, 6.45) is 5.17. The molecule has 21 heavy (non-hydrogen) atoms. The molecule has 1 N–H and O–H groups in total. The molecular weight excluding hydrogens is 264 g/mol. The van der Waals surface area contributed by atoms with Gasteiger partial charge >= 0.3 is 5.97 Å². The highest BCUT2D eigenvalue weighted by Gasteiger charge is 2.71. The predicted octanol–water partition coefficient (Wildman–Crippen LogP) is 3.32. The average molecular weight is 292 g/mol. The summed E-state index contributed by atoms with van der Waals surface area (Å²) in [5, 5.41) is 10.8. The quantitative estimate of drug-likeness (QED) is 0.627. The van der Waals surface area contributed by atoms with Crippen LogP contribution in [0.2, 0.25) is 0 Å². The molecule has 3 nitrogen and oxygen atoms in total. The maximum Gasteiger partial charge on any atom is 0.330 e. The van der Waals surface area contributed by atoms with Crippen LogP contribution in [0.5, 0.6) is 0 Å². The first-order chi connectivity index (χ1) is 9.65. The number of hydrogen-bond acceptors (Lipinski definition) is 3. The number of hydrogen-bond donors (Lipinski definition) is 1. The zero-order chi connectivity index (χ0) is 15.6. The van der Waals surface area contributed by atoms with Crippen molar-refractivity contribution in [2.75, 3.05) is 0 Å². The van der Waals surface area contributed by atoms with Crippen LogP contribution in [0.3, 0.4) is 0 Å². The Morgan fingerprint density at radius 3 is 2.62 bits per heavy atom. The highest BCUT2D eigenvalue weighted by atomic mass is 16.5. The fourth-order valence-corrected chi connectivity index (χ4v) is 6.30. The second-order valence-corrected chi connectivity index (χ2v) is 8.46. The van der Waals surface area contributed by atoms with Gasteiger partial charge in [-0.25, -0.2) is 4.79 Å². The Kier molecular flexibility index (Phi) is 3.12. The first kappa shape index (κ1) is 15.1. The molecule has 0 aromatic heterocycles. The van der Waals surface area contributed by atoms with Crippen molar-refractivity contribution in [3.05, 3.63) is 12.7 Å². The SMILES string of the molecule is C=CC(=O)OC1C[C@@H](C)[C@]23CC[C@@](C)(O)[C@H](C2)C(C)(C)[C@H]13. The first-order valence-corrected chi connectivity index (χ1v) is 8.20. The Hall–Kier alpha value is -0.830. The van der Waals surface area contributed by atoms with E-state index in [0.29, 0.717) is 11.8 Å². The number of carbonyl (C=O) groups excluding carboxylic acids is 1. The number of ether oxygens (including phenoxy) is 1. The molecule has 3 aliphatic rings. The van der Waals surface area contributed by atoms with Crippen LogP contribution in [0.25, 0.3) is 0 Å². The average Bonchev–Trinajstić information content (AvgIpc) is 2.77. The van der Waals surface area contributed by atoms with Gasteiger partial charge in [-0.1, -0.05) is 27.4 Å². The molecule has 0 amide bonds. The molecule has 0 aromatic rings. The van der Waals surface area contributed by atoms with Crippen LogP contribution in [0.15, 0.2) is 12.7 Å². The summed E-state index contributed by atoms with van der Waals surface area (Å²) in [6.45, 7) is 12.3. The number of rotatable bonds is 2. The smallest absolute Gasteiger partial charge is 0.330 e. The normalized spacial score (nSPS) is 50.5. The van der Waals surface area contributed by atoms with Crippen molar-refractivity contribution in [3.8, 4) is 0 Å². The van der Waals surface area contributed by atoms with Crippen LogP contribution >= 0.6 is 0 Å². The molecule has 3 rings (SSSR count). The van der Waals surface area contributed by atoms with Crippen LogP contribution in [-0.2, 0) is 9.53 Å². The van der Waals surface area contributed by atoms with Crippen molar-refractivity contribution in [2.45, 2.75) is 65.1 Å². The molecule has 0 aliphatic heterocycles. The van der Waals surface area contributed by atoms with E-state index in [1.165, 1.54) is 6.08 Å². The fraction of sp³-hybridized carbons (Fsp3) is 0.833. The van der Waals surface area contributed by atoms with E-state index in [-0.39, 0.29) is 28.8 Å². The number of carbonyl (C=O) groups is 1. The van der Waals surface area contributed by atoms with Crippen molar-refractivity contribution >= 4 is 5.97 Å². The van der Waals surface area contributed by atoms with E-state index in [4.69, 9.17) is 4.74 Å². The number of aliphatic hydroxyl groups is 1. The van der Waals surface area contributed by atoms with Crippen LogP contribution in [0.1, 0.15) is 53.4 Å². The monoisotopic (exact) mass is 292 g/mol. The zero-order valence-corrected chi connectivity index (χ0v) is 13.7. The minimum atomic E-state index is -0.591. The standard InChI is InChI=1S/C18H28O3/c1-6-14(19)21-12-9-11(2)18-8-7-17(5,20)13(10-18)16(3,4)15(12)18/h6,11-13,15,20H,1,7-10H2,2-5H3/t11-,12?,13-,15+,17-,18+/m1/s1. The van der Waals surface area contributed by atoms with Gasteiger partial charge < -0.3 is 9.84 Å². The minimum absolute atomic E-state index is 0.00310. The third-order valence-corrected chi connectivity index (χ3v) is 7.12. The molecule has 0 saturated heterocycles. The second-order valence-electron chi connectivity index (χ2n) is 8.46. The number of esters is 1. The Labute approximate surface area is 127 Å². The van der Waals surface area contributed by atoms with Gasteiger partial charge in [-0.2, -0.15) is 0 Å². The predicted molar refractivity (Wildman–Crippen MR) is 81.5 cm³/mol. The second kappa shape index (κ2) is 4.34. The molecule has 0 heterocycles. The van der Waals surface area contributed by atoms with Crippen molar-refractivity contribution in [2.24, 2.45) is 28.6 Å². The largest absolute Gasteiger partial charge is 0.459 e. The lowest BCUT2D eigenvalue weighted by Crippen LogP contribution is -2.44. The van der Waals surface area contributed by atoms with Gasteiger partial charge in [-0.15, -0.1) is 0 Å². The molecule has 3 heteroatoms. The van der Waals surface area contributed by atoms with Gasteiger partial charge in [-0.3, -0.25) is 0 Å². The van der Waals surface area contributed by atoms with Gasteiger partial charge in [0.15, 0.2) is 0 Å². The summed E-state index contributed by atoms with van der Waals surface area (Å²) in [6, 6.07) is 0. The zero-order valence-electron chi connectivity index (χ0n) is 13.7. The molecule has 0 aromatic carbocycles. The van der Waals surface area contributed by atoms with E-state index in [9.17, 15) is 9.90 Å². The first-order valence-electron chi connectivity index (χ1n) is 8.20. The molecule has 0 radical (unpaired) electrons. The molecule has 3 aliphatic carbocycles. The summed E-state index contributed by atoms with van der Waals surface area (Å²) < 4.78 is 5.71. The summed E-state index contributed by atoms with van der Waals surface area (Å²) in [4.78, 5) is 11.7. The number of fused-ring (bicyclic) bond motifs is 1. The van der Waals surface area contributed by atoms with Crippen molar-refractivity contribution in [1.29, 1.82) is 0 Å². The molecule has 3 fully saturated rings. The third kappa shape index (κ3) is 1.86.